The van der Waals surface area contributed by atoms with Crippen molar-refractivity contribution in [2.45, 2.75) is 20.8 Å². The maximum atomic E-state index is 6.15. The van der Waals surface area contributed by atoms with E-state index in [0.29, 0.717) is 5.02 Å². The zero-order chi connectivity index (χ0) is 16.2. The van der Waals surface area contributed by atoms with Gasteiger partial charge in [-0.25, -0.2) is 0 Å². The molecule has 0 fully saturated rings. The molecule has 0 saturated heterocycles. The van der Waals surface area contributed by atoms with Crippen LogP contribution in [-0.2, 0) is 0 Å². The Kier molecular flexibility index (Phi) is 5.10. The average molecular weight is 312 g/mol. The van der Waals surface area contributed by atoms with Crippen molar-refractivity contribution in [3.05, 3.63) is 77.3 Å². The fourth-order valence-electron chi connectivity index (χ4n) is 1.94. The first-order chi connectivity index (χ1) is 10.3. The minimum atomic E-state index is 0.188. The second-order valence-electron chi connectivity index (χ2n) is 6.40. The van der Waals surface area contributed by atoms with Crippen molar-refractivity contribution < 1.29 is 0 Å². The quantitative estimate of drug-likeness (QED) is 0.681. The Balaban J connectivity index is 2.09. The van der Waals surface area contributed by atoms with Crippen molar-refractivity contribution in [2.75, 3.05) is 5.32 Å². The van der Waals surface area contributed by atoms with Gasteiger partial charge < -0.3 is 5.32 Å². The molecule has 114 valence electrons. The Morgan fingerprint density at radius 3 is 2.27 bits per heavy atom. The second-order valence-corrected chi connectivity index (χ2v) is 6.81. The van der Waals surface area contributed by atoms with E-state index in [2.05, 4.69) is 69.1 Å². The van der Waals surface area contributed by atoms with Crippen molar-refractivity contribution in [1.82, 2.24) is 0 Å². The molecule has 0 aliphatic heterocycles. The molecular formula is C20H22ClN. The standard InChI is InChI=1S/C20H22ClN/c1-15(22-19-8-6-5-7-18(19)21)17-11-9-16(10-12-17)13-14-20(2,3)4/h5-14,22H,1H2,2-4H3/b14-13+. The highest BCUT2D eigenvalue weighted by Crippen LogP contribution is 2.25. The van der Waals surface area contributed by atoms with Gasteiger partial charge in [0.05, 0.1) is 10.7 Å². The molecule has 0 atom stereocenters. The average Bonchev–Trinajstić information content (AvgIpc) is 2.47. The highest BCUT2D eigenvalue weighted by Gasteiger charge is 2.05. The minimum Gasteiger partial charge on any atom is -0.354 e. The number of hydrogen-bond acceptors (Lipinski definition) is 1. The summed E-state index contributed by atoms with van der Waals surface area (Å²) in [6.45, 7) is 10.7. The summed E-state index contributed by atoms with van der Waals surface area (Å²) in [6.07, 6.45) is 4.35. The van der Waals surface area contributed by atoms with Crippen LogP contribution in [0.1, 0.15) is 31.9 Å². The molecular weight excluding hydrogens is 290 g/mol. The SMILES string of the molecule is C=C(Nc1ccccc1Cl)c1ccc(/C=C/C(C)(C)C)cc1. The molecule has 0 amide bonds. The predicted molar refractivity (Wildman–Crippen MR) is 99.0 cm³/mol. The van der Waals surface area contributed by atoms with Gasteiger partial charge in [0.25, 0.3) is 0 Å². The molecule has 1 N–H and O–H groups in total. The summed E-state index contributed by atoms with van der Waals surface area (Å²) in [5.74, 6) is 0. The normalized spacial score (nSPS) is 11.6. The van der Waals surface area contributed by atoms with Crippen molar-refractivity contribution >= 4 is 29.1 Å². The minimum absolute atomic E-state index is 0.188. The number of nitrogens with one attached hydrogen (secondary N) is 1. The summed E-state index contributed by atoms with van der Waals surface area (Å²) in [4.78, 5) is 0. The van der Waals surface area contributed by atoms with Gasteiger partial charge in [-0.3, -0.25) is 0 Å². The van der Waals surface area contributed by atoms with E-state index in [0.717, 1.165) is 16.9 Å². The zero-order valence-corrected chi connectivity index (χ0v) is 14.1. The molecule has 22 heavy (non-hydrogen) atoms. The lowest BCUT2D eigenvalue weighted by Gasteiger charge is -2.12. The van der Waals surface area contributed by atoms with Crippen molar-refractivity contribution in [3.63, 3.8) is 0 Å². The largest absolute Gasteiger partial charge is 0.354 e. The number of halogens is 1. The highest BCUT2D eigenvalue weighted by atomic mass is 35.5. The third-order valence-electron chi connectivity index (χ3n) is 3.19. The molecule has 0 aliphatic rings. The second kappa shape index (κ2) is 6.85. The van der Waals surface area contributed by atoms with Crippen LogP contribution in [0.15, 0.2) is 61.2 Å². The van der Waals surface area contributed by atoms with E-state index < -0.39 is 0 Å². The van der Waals surface area contributed by atoms with Crippen molar-refractivity contribution in [2.24, 2.45) is 5.41 Å². The summed E-state index contributed by atoms with van der Waals surface area (Å²) >= 11 is 6.15. The van der Waals surface area contributed by atoms with Crippen LogP contribution in [0.25, 0.3) is 11.8 Å². The van der Waals surface area contributed by atoms with E-state index in [4.69, 9.17) is 11.6 Å². The molecule has 0 aromatic heterocycles. The molecule has 0 radical (unpaired) electrons. The summed E-state index contributed by atoms with van der Waals surface area (Å²) in [7, 11) is 0. The molecule has 1 nitrogen and oxygen atoms in total. The lowest BCUT2D eigenvalue weighted by Crippen LogP contribution is -1.98. The summed E-state index contributed by atoms with van der Waals surface area (Å²) in [6, 6.07) is 16.0. The highest BCUT2D eigenvalue weighted by molar-refractivity contribution is 6.33. The van der Waals surface area contributed by atoms with Gasteiger partial charge in [-0.1, -0.05) is 87.5 Å². The molecule has 0 aliphatic carbocycles. The lowest BCUT2D eigenvalue weighted by atomic mass is 9.95. The monoisotopic (exact) mass is 311 g/mol. The molecule has 0 spiro atoms. The first kappa shape index (κ1) is 16.4. The Morgan fingerprint density at radius 1 is 1.05 bits per heavy atom. The van der Waals surface area contributed by atoms with Gasteiger partial charge in [0.15, 0.2) is 0 Å². The molecule has 0 saturated carbocycles. The third-order valence-corrected chi connectivity index (χ3v) is 3.52. The topological polar surface area (TPSA) is 12.0 Å². The molecule has 2 aromatic rings. The first-order valence-electron chi connectivity index (χ1n) is 7.35. The van der Waals surface area contributed by atoms with Gasteiger partial charge >= 0.3 is 0 Å². The van der Waals surface area contributed by atoms with Crippen LogP contribution >= 0.6 is 11.6 Å². The van der Waals surface area contributed by atoms with Gasteiger partial charge in [-0.2, -0.15) is 0 Å². The van der Waals surface area contributed by atoms with Crippen molar-refractivity contribution in [3.8, 4) is 0 Å². The Morgan fingerprint density at radius 2 is 1.68 bits per heavy atom. The maximum Gasteiger partial charge on any atom is 0.0640 e. The number of para-hydroxylation sites is 1. The van der Waals surface area contributed by atoms with Crippen LogP contribution in [0, 0.1) is 5.41 Å². The smallest absolute Gasteiger partial charge is 0.0640 e. The van der Waals surface area contributed by atoms with Crippen LogP contribution in [0.3, 0.4) is 0 Å². The third kappa shape index (κ3) is 4.78. The van der Waals surface area contributed by atoms with E-state index in [1.165, 1.54) is 5.56 Å². The zero-order valence-electron chi connectivity index (χ0n) is 13.4. The van der Waals surface area contributed by atoms with E-state index in [-0.39, 0.29) is 5.41 Å². The van der Waals surface area contributed by atoms with E-state index >= 15 is 0 Å². The lowest BCUT2D eigenvalue weighted by molar-refractivity contribution is 0.547. The van der Waals surface area contributed by atoms with Gasteiger partial charge in [0.1, 0.15) is 0 Å². The molecule has 2 aromatic carbocycles. The fraction of sp³-hybridized carbons (Fsp3) is 0.200. The van der Waals surface area contributed by atoms with Gasteiger partial charge in [-0.05, 0) is 28.7 Å². The summed E-state index contributed by atoms with van der Waals surface area (Å²) < 4.78 is 0. The maximum absolute atomic E-state index is 6.15. The summed E-state index contributed by atoms with van der Waals surface area (Å²) in [5.41, 5.74) is 4.12. The summed E-state index contributed by atoms with van der Waals surface area (Å²) in [5, 5.41) is 3.95. The van der Waals surface area contributed by atoms with E-state index in [1.54, 1.807) is 0 Å². The molecule has 0 bridgehead atoms. The number of allylic oxidation sites excluding steroid dienone is 1. The van der Waals surface area contributed by atoms with Crippen LogP contribution in [0.2, 0.25) is 5.02 Å². The van der Waals surface area contributed by atoms with E-state index in [9.17, 15) is 0 Å². The number of benzene rings is 2. The van der Waals surface area contributed by atoms with Gasteiger partial charge in [0, 0.05) is 5.70 Å². The fourth-order valence-corrected chi connectivity index (χ4v) is 2.12. The number of anilines is 1. The van der Waals surface area contributed by atoms with E-state index in [1.807, 2.05) is 24.3 Å². The van der Waals surface area contributed by atoms with Gasteiger partial charge in [0.2, 0.25) is 0 Å². The van der Waals surface area contributed by atoms with Crippen LogP contribution in [0.5, 0.6) is 0 Å². The van der Waals surface area contributed by atoms with Gasteiger partial charge in [-0.15, -0.1) is 0 Å². The van der Waals surface area contributed by atoms with Crippen LogP contribution in [-0.4, -0.2) is 0 Å². The number of hydrogen-bond donors (Lipinski definition) is 1. The Bertz CT molecular complexity index is 676. The molecule has 0 heterocycles. The van der Waals surface area contributed by atoms with Crippen LogP contribution in [0.4, 0.5) is 5.69 Å². The Hall–Kier alpha value is -1.99. The number of rotatable bonds is 4. The Labute approximate surface area is 138 Å². The molecule has 0 unspecified atom stereocenters. The molecule has 2 heteroatoms. The molecule has 2 rings (SSSR count). The van der Waals surface area contributed by atoms with Crippen molar-refractivity contribution in [1.29, 1.82) is 0 Å². The first-order valence-corrected chi connectivity index (χ1v) is 7.73. The predicted octanol–water partition coefficient (Wildman–Crippen LogP) is 6.48. The van der Waals surface area contributed by atoms with Crippen LogP contribution < -0.4 is 5.32 Å².